The van der Waals surface area contributed by atoms with Crippen molar-refractivity contribution in [2.24, 2.45) is 0 Å². The van der Waals surface area contributed by atoms with E-state index in [4.69, 9.17) is 0 Å². The largest absolute Gasteiger partial charge is 0.351 e. The summed E-state index contributed by atoms with van der Waals surface area (Å²) in [6, 6.07) is 13.6. The first-order valence-electron chi connectivity index (χ1n) is 6.50. The highest BCUT2D eigenvalue weighted by Gasteiger charge is 2.06. The molecule has 0 atom stereocenters. The average Bonchev–Trinajstić information content (AvgIpc) is 2.98. The van der Waals surface area contributed by atoms with Gasteiger partial charge in [-0.2, -0.15) is 0 Å². The number of hydrogen-bond acceptors (Lipinski definition) is 2. The van der Waals surface area contributed by atoms with Gasteiger partial charge in [0.25, 0.3) is 0 Å². The van der Waals surface area contributed by atoms with E-state index in [0.29, 0.717) is 18.1 Å². The van der Waals surface area contributed by atoms with Gasteiger partial charge in [-0.05, 0) is 29.8 Å². The molecule has 1 aromatic heterocycles. The molecule has 3 rings (SSSR count). The van der Waals surface area contributed by atoms with E-state index in [-0.39, 0.29) is 0 Å². The van der Waals surface area contributed by atoms with E-state index in [2.05, 4.69) is 10.3 Å². The Morgan fingerprint density at radius 3 is 2.57 bits per heavy atom. The van der Waals surface area contributed by atoms with Gasteiger partial charge >= 0.3 is 0 Å². The Bertz CT molecular complexity index is 738. The molecule has 2 aromatic carbocycles. The van der Waals surface area contributed by atoms with Crippen LogP contribution in [0.25, 0.3) is 5.69 Å². The number of aromatic nitrogens is 2. The fourth-order valence-electron chi connectivity index (χ4n) is 2.06. The zero-order valence-corrected chi connectivity index (χ0v) is 11.1. The monoisotopic (exact) mass is 285 g/mol. The lowest BCUT2D eigenvalue weighted by Gasteiger charge is -2.10. The van der Waals surface area contributed by atoms with Crippen LogP contribution in [-0.2, 0) is 6.54 Å². The van der Waals surface area contributed by atoms with E-state index >= 15 is 0 Å². The predicted octanol–water partition coefficient (Wildman–Crippen LogP) is 3.76. The quantitative estimate of drug-likeness (QED) is 0.791. The molecule has 0 radical (unpaired) electrons. The molecule has 0 saturated heterocycles. The summed E-state index contributed by atoms with van der Waals surface area (Å²) in [6.07, 6.45) is 3.52. The van der Waals surface area contributed by atoms with Crippen LogP contribution in [0.15, 0.2) is 60.9 Å². The topological polar surface area (TPSA) is 29.9 Å². The highest BCUT2D eigenvalue weighted by Crippen LogP contribution is 2.15. The van der Waals surface area contributed by atoms with Crippen molar-refractivity contribution in [1.29, 1.82) is 0 Å². The maximum absolute atomic E-state index is 13.2. The summed E-state index contributed by atoms with van der Waals surface area (Å²) in [7, 11) is 0. The molecule has 1 heterocycles. The zero-order valence-electron chi connectivity index (χ0n) is 11.1. The number of halogens is 2. The van der Waals surface area contributed by atoms with Crippen LogP contribution < -0.4 is 5.32 Å². The lowest BCUT2D eigenvalue weighted by Crippen LogP contribution is -2.06. The Labute approximate surface area is 120 Å². The highest BCUT2D eigenvalue weighted by molar-refractivity contribution is 5.42. The van der Waals surface area contributed by atoms with Crippen molar-refractivity contribution in [2.45, 2.75) is 6.54 Å². The van der Waals surface area contributed by atoms with Crippen LogP contribution in [0, 0.1) is 11.6 Å². The first-order chi connectivity index (χ1) is 10.2. The molecule has 1 N–H and O–H groups in total. The van der Waals surface area contributed by atoms with Crippen LogP contribution in [0.3, 0.4) is 0 Å². The average molecular weight is 285 g/mol. The fraction of sp³-hybridized carbons (Fsp3) is 0.0625. The van der Waals surface area contributed by atoms with Crippen LogP contribution in [0.4, 0.5) is 14.7 Å². The van der Waals surface area contributed by atoms with Crippen LogP contribution in [-0.4, -0.2) is 9.55 Å². The van der Waals surface area contributed by atoms with Crippen molar-refractivity contribution in [3.05, 3.63) is 78.1 Å². The summed E-state index contributed by atoms with van der Waals surface area (Å²) in [5, 5.41) is 3.12. The van der Waals surface area contributed by atoms with E-state index in [1.54, 1.807) is 12.3 Å². The smallest absolute Gasteiger partial charge is 0.207 e. The molecule has 106 valence electrons. The highest BCUT2D eigenvalue weighted by atomic mass is 19.2. The van der Waals surface area contributed by atoms with Gasteiger partial charge in [-0.25, -0.2) is 13.8 Å². The SMILES string of the molecule is Fc1ccc(CNc2nccn2-c2ccccc2)cc1F. The van der Waals surface area contributed by atoms with Crippen LogP contribution in [0.2, 0.25) is 0 Å². The minimum absolute atomic E-state index is 0.362. The summed E-state index contributed by atoms with van der Waals surface area (Å²) in [5.41, 5.74) is 1.62. The second-order valence-electron chi connectivity index (χ2n) is 4.56. The summed E-state index contributed by atoms with van der Waals surface area (Å²) in [6.45, 7) is 0.362. The second kappa shape index (κ2) is 5.75. The van der Waals surface area contributed by atoms with E-state index < -0.39 is 11.6 Å². The number of anilines is 1. The maximum Gasteiger partial charge on any atom is 0.207 e. The van der Waals surface area contributed by atoms with E-state index in [1.807, 2.05) is 41.1 Å². The molecule has 3 aromatic rings. The summed E-state index contributed by atoms with van der Waals surface area (Å²) < 4.78 is 27.9. The molecule has 0 aliphatic carbocycles. The van der Waals surface area contributed by atoms with Gasteiger partial charge in [-0.3, -0.25) is 4.57 Å². The van der Waals surface area contributed by atoms with Crippen molar-refractivity contribution in [2.75, 3.05) is 5.32 Å². The zero-order chi connectivity index (χ0) is 14.7. The van der Waals surface area contributed by atoms with E-state index in [1.165, 1.54) is 6.07 Å². The number of benzene rings is 2. The van der Waals surface area contributed by atoms with Gasteiger partial charge in [0.15, 0.2) is 11.6 Å². The number of nitrogens with one attached hydrogen (secondary N) is 1. The third kappa shape index (κ3) is 2.91. The second-order valence-corrected chi connectivity index (χ2v) is 4.56. The number of hydrogen-bond donors (Lipinski definition) is 1. The van der Waals surface area contributed by atoms with Gasteiger partial charge in [-0.15, -0.1) is 0 Å². The molecule has 0 aliphatic heterocycles. The van der Waals surface area contributed by atoms with Crippen LogP contribution in [0.1, 0.15) is 5.56 Å². The van der Waals surface area contributed by atoms with Crippen LogP contribution >= 0.6 is 0 Å². The van der Waals surface area contributed by atoms with Gasteiger partial charge in [-0.1, -0.05) is 24.3 Å². The molecule has 0 spiro atoms. The van der Waals surface area contributed by atoms with E-state index in [0.717, 1.165) is 11.8 Å². The van der Waals surface area contributed by atoms with Crippen molar-refractivity contribution >= 4 is 5.95 Å². The Morgan fingerprint density at radius 2 is 1.81 bits per heavy atom. The standard InChI is InChI=1S/C16H13F2N3/c17-14-7-6-12(10-15(14)18)11-20-16-19-8-9-21(16)13-4-2-1-3-5-13/h1-10H,11H2,(H,19,20). The van der Waals surface area contributed by atoms with Gasteiger partial charge in [0.05, 0.1) is 0 Å². The first-order valence-corrected chi connectivity index (χ1v) is 6.50. The van der Waals surface area contributed by atoms with Crippen molar-refractivity contribution in [3.8, 4) is 5.69 Å². The van der Waals surface area contributed by atoms with Crippen molar-refractivity contribution in [3.63, 3.8) is 0 Å². The molecule has 0 amide bonds. The number of imidazole rings is 1. The number of para-hydroxylation sites is 1. The van der Waals surface area contributed by atoms with Crippen molar-refractivity contribution in [1.82, 2.24) is 9.55 Å². The molecule has 5 heteroatoms. The molecule has 3 nitrogen and oxygen atoms in total. The summed E-state index contributed by atoms with van der Waals surface area (Å²) >= 11 is 0. The molecule has 0 fully saturated rings. The molecular weight excluding hydrogens is 272 g/mol. The Morgan fingerprint density at radius 1 is 1.00 bits per heavy atom. The molecule has 0 aliphatic rings. The number of nitrogens with zero attached hydrogens (tertiary/aromatic N) is 2. The Kier molecular flexibility index (Phi) is 3.64. The lowest BCUT2D eigenvalue weighted by molar-refractivity contribution is 0.507. The normalized spacial score (nSPS) is 10.6. The minimum atomic E-state index is -0.847. The van der Waals surface area contributed by atoms with Gasteiger partial charge in [0, 0.05) is 24.6 Å². The van der Waals surface area contributed by atoms with E-state index in [9.17, 15) is 8.78 Å². The molecule has 21 heavy (non-hydrogen) atoms. The Balaban J connectivity index is 1.77. The summed E-state index contributed by atoms with van der Waals surface area (Å²) in [4.78, 5) is 4.23. The minimum Gasteiger partial charge on any atom is -0.351 e. The maximum atomic E-state index is 13.2. The predicted molar refractivity (Wildman–Crippen MR) is 77.2 cm³/mol. The molecular formula is C16H13F2N3. The molecule has 0 saturated carbocycles. The lowest BCUT2D eigenvalue weighted by atomic mass is 10.2. The Hall–Kier alpha value is -2.69. The fourth-order valence-corrected chi connectivity index (χ4v) is 2.06. The number of rotatable bonds is 4. The van der Waals surface area contributed by atoms with Gasteiger partial charge in [0.1, 0.15) is 0 Å². The van der Waals surface area contributed by atoms with Gasteiger partial charge < -0.3 is 5.32 Å². The first kappa shape index (κ1) is 13.3. The summed E-state index contributed by atoms with van der Waals surface area (Å²) in [5.74, 6) is -1.05. The third-order valence-corrected chi connectivity index (χ3v) is 3.11. The van der Waals surface area contributed by atoms with Crippen molar-refractivity contribution < 1.29 is 8.78 Å². The molecule has 0 bridgehead atoms. The third-order valence-electron chi connectivity index (χ3n) is 3.11. The van der Waals surface area contributed by atoms with Gasteiger partial charge in [0.2, 0.25) is 5.95 Å². The van der Waals surface area contributed by atoms with Crippen LogP contribution in [0.5, 0.6) is 0 Å². The molecule has 0 unspecified atom stereocenters.